The first-order valence-electron chi connectivity index (χ1n) is 8.20. The molecule has 2 heterocycles. The minimum Gasteiger partial charge on any atom is -0.338 e. The Morgan fingerprint density at radius 3 is 2.83 bits per heavy atom. The molecule has 0 bridgehead atoms. The maximum absolute atomic E-state index is 13.1. The third-order valence-electron chi connectivity index (χ3n) is 4.46. The molecule has 1 aromatic heterocycles. The van der Waals surface area contributed by atoms with E-state index in [0.717, 1.165) is 19.3 Å². The van der Waals surface area contributed by atoms with Gasteiger partial charge in [0.1, 0.15) is 11.4 Å². The SMILES string of the molecule is CCNC(=O)N1CCCCC1(C)c1noc(-c2ccc(F)cc2)n1. The van der Waals surface area contributed by atoms with Crippen LogP contribution < -0.4 is 5.32 Å². The quantitative estimate of drug-likeness (QED) is 0.936. The number of carbonyl (C=O) groups excluding carboxylic acids is 1. The molecule has 0 radical (unpaired) electrons. The van der Waals surface area contributed by atoms with E-state index in [1.807, 2.05) is 13.8 Å². The summed E-state index contributed by atoms with van der Waals surface area (Å²) in [6, 6.07) is 5.77. The van der Waals surface area contributed by atoms with Gasteiger partial charge in [-0.15, -0.1) is 0 Å². The average Bonchev–Trinajstić information content (AvgIpc) is 3.07. The Morgan fingerprint density at radius 2 is 2.12 bits per heavy atom. The second-order valence-electron chi connectivity index (χ2n) is 6.15. The molecule has 0 aliphatic carbocycles. The number of urea groups is 1. The van der Waals surface area contributed by atoms with E-state index in [4.69, 9.17) is 4.52 Å². The van der Waals surface area contributed by atoms with Crippen molar-refractivity contribution in [3.63, 3.8) is 0 Å². The van der Waals surface area contributed by atoms with Gasteiger partial charge >= 0.3 is 6.03 Å². The molecule has 24 heavy (non-hydrogen) atoms. The van der Waals surface area contributed by atoms with Crippen LogP contribution in [0.2, 0.25) is 0 Å². The number of likely N-dealkylation sites (tertiary alicyclic amines) is 1. The fourth-order valence-corrected chi connectivity index (χ4v) is 3.08. The van der Waals surface area contributed by atoms with E-state index < -0.39 is 5.54 Å². The molecule has 6 nitrogen and oxygen atoms in total. The number of rotatable bonds is 3. The highest BCUT2D eigenvalue weighted by atomic mass is 19.1. The first kappa shape index (κ1) is 16.4. The molecule has 1 N–H and O–H groups in total. The van der Waals surface area contributed by atoms with Crippen molar-refractivity contribution in [3.05, 3.63) is 35.9 Å². The van der Waals surface area contributed by atoms with Crippen LogP contribution in [0, 0.1) is 5.82 Å². The number of amides is 2. The van der Waals surface area contributed by atoms with Crippen LogP contribution in [0.3, 0.4) is 0 Å². The molecular weight excluding hydrogens is 311 g/mol. The zero-order valence-corrected chi connectivity index (χ0v) is 13.9. The topological polar surface area (TPSA) is 71.3 Å². The summed E-state index contributed by atoms with van der Waals surface area (Å²) in [5.74, 6) is 0.487. The summed E-state index contributed by atoms with van der Waals surface area (Å²) in [7, 11) is 0. The van der Waals surface area contributed by atoms with Gasteiger partial charge in [0, 0.05) is 18.7 Å². The molecule has 0 saturated carbocycles. The standard InChI is InChI=1S/C17H21FN4O2/c1-3-19-16(23)22-11-5-4-10-17(22,2)15-20-14(24-21-15)12-6-8-13(18)9-7-12/h6-9H,3-5,10-11H2,1-2H3,(H,19,23). The highest BCUT2D eigenvalue weighted by Gasteiger charge is 2.42. The molecule has 1 aromatic carbocycles. The van der Waals surface area contributed by atoms with Gasteiger partial charge in [0.05, 0.1) is 0 Å². The molecular formula is C17H21FN4O2. The van der Waals surface area contributed by atoms with Crippen molar-refractivity contribution in [2.24, 2.45) is 0 Å². The number of carbonyl (C=O) groups is 1. The summed E-state index contributed by atoms with van der Waals surface area (Å²) in [6.45, 7) is 5.07. The second kappa shape index (κ2) is 6.59. The molecule has 1 aliphatic rings. The lowest BCUT2D eigenvalue weighted by Gasteiger charge is -2.42. The normalized spacial score (nSPS) is 20.9. The summed E-state index contributed by atoms with van der Waals surface area (Å²) < 4.78 is 18.4. The molecule has 1 fully saturated rings. The van der Waals surface area contributed by atoms with Crippen LogP contribution in [0.25, 0.3) is 11.5 Å². The van der Waals surface area contributed by atoms with Crippen LogP contribution in [0.1, 0.15) is 38.9 Å². The van der Waals surface area contributed by atoms with E-state index >= 15 is 0 Å². The predicted molar refractivity (Wildman–Crippen MR) is 86.7 cm³/mol. The minimum absolute atomic E-state index is 0.118. The Balaban J connectivity index is 1.91. The molecule has 128 valence electrons. The first-order chi connectivity index (χ1) is 11.5. The van der Waals surface area contributed by atoms with Gasteiger partial charge in [0.25, 0.3) is 5.89 Å². The largest absolute Gasteiger partial charge is 0.338 e. The fraction of sp³-hybridized carbons (Fsp3) is 0.471. The number of piperidine rings is 1. The third-order valence-corrected chi connectivity index (χ3v) is 4.46. The average molecular weight is 332 g/mol. The lowest BCUT2D eigenvalue weighted by atomic mass is 9.88. The third kappa shape index (κ3) is 2.98. The highest BCUT2D eigenvalue weighted by Crippen LogP contribution is 2.36. The molecule has 1 unspecified atom stereocenters. The van der Waals surface area contributed by atoms with Gasteiger partial charge < -0.3 is 14.7 Å². The van der Waals surface area contributed by atoms with Crippen LogP contribution in [0.5, 0.6) is 0 Å². The van der Waals surface area contributed by atoms with Crippen LogP contribution >= 0.6 is 0 Å². The maximum Gasteiger partial charge on any atom is 0.318 e. The summed E-state index contributed by atoms with van der Waals surface area (Å²) in [6.07, 6.45) is 2.72. The smallest absolute Gasteiger partial charge is 0.318 e. The van der Waals surface area contributed by atoms with Gasteiger partial charge in [-0.3, -0.25) is 0 Å². The number of nitrogens with one attached hydrogen (secondary N) is 1. The van der Waals surface area contributed by atoms with Crippen LogP contribution in [0.4, 0.5) is 9.18 Å². The van der Waals surface area contributed by atoms with Crippen molar-refractivity contribution in [3.8, 4) is 11.5 Å². The Bertz CT molecular complexity index is 716. The predicted octanol–water partition coefficient (Wildman–Crippen LogP) is 3.31. The first-order valence-corrected chi connectivity index (χ1v) is 8.20. The molecule has 3 rings (SSSR count). The van der Waals surface area contributed by atoms with Crippen molar-refractivity contribution < 1.29 is 13.7 Å². The Labute approximate surface area is 140 Å². The summed E-state index contributed by atoms with van der Waals surface area (Å²) in [5.41, 5.74) is 0.0401. The van der Waals surface area contributed by atoms with Gasteiger partial charge in [-0.25, -0.2) is 9.18 Å². The number of nitrogens with zero attached hydrogens (tertiary/aromatic N) is 3. The summed E-state index contributed by atoms with van der Waals surface area (Å²) in [4.78, 5) is 18.6. The molecule has 1 atom stereocenters. The van der Waals surface area contributed by atoms with E-state index in [0.29, 0.717) is 30.4 Å². The van der Waals surface area contributed by atoms with Gasteiger partial charge in [-0.05, 0) is 57.4 Å². The number of benzene rings is 1. The van der Waals surface area contributed by atoms with Crippen molar-refractivity contribution >= 4 is 6.03 Å². The summed E-state index contributed by atoms with van der Waals surface area (Å²) >= 11 is 0. The van der Waals surface area contributed by atoms with E-state index in [-0.39, 0.29) is 11.8 Å². The van der Waals surface area contributed by atoms with E-state index in [2.05, 4.69) is 15.5 Å². The molecule has 2 amide bonds. The maximum atomic E-state index is 13.1. The lowest BCUT2D eigenvalue weighted by Crippen LogP contribution is -2.54. The van der Waals surface area contributed by atoms with Gasteiger partial charge in [-0.1, -0.05) is 5.16 Å². The molecule has 0 spiro atoms. The molecule has 1 aliphatic heterocycles. The Morgan fingerprint density at radius 1 is 1.38 bits per heavy atom. The molecule has 2 aromatic rings. The van der Waals surface area contributed by atoms with Crippen molar-refractivity contribution in [1.29, 1.82) is 0 Å². The minimum atomic E-state index is -0.612. The van der Waals surface area contributed by atoms with Crippen molar-refractivity contribution in [2.45, 2.75) is 38.6 Å². The zero-order valence-electron chi connectivity index (χ0n) is 13.9. The Hall–Kier alpha value is -2.44. The van der Waals surface area contributed by atoms with Crippen molar-refractivity contribution in [2.75, 3.05) is 13.1 Å². The van der Waals surface area contributed by atoms with Gasteiger partial charge in [-0.2, -0.15) is 4.98 Å². The summed E-state index contributed by atoms with van der Waals surface area (Å²) in [5, 5.41) is 6.95. The highest BCUT2D eigenvalue weighted by molar-refractivity contribution is 5.75. The monoisotopic (exact) mass is 332 g/mol. The van der Waals surface area contributed by atoms with E-state index in [1.54, 1.807) is 17.0 Å². The van der Waals surface area contributed by atoms with E-state index in [1.165, 1.54) is 12.1 Å². The Kier molecular flexibility index (Phi) is 4.51. The number of hydrogen-bond donors (Lipinski definition) is 1. The number of aromatic nitrogens is 2. The molecule has 1 saturated heterocycles. The lowest BCUT2D eigenvalue weighted by molar-refractivity contribution is 0.0796. The van der Waals surface area contributed by atoms with Crippen LogP contribution in [-0.2, 0) is 5.54 Å². The van der Waals surface area contributed by atoms with Gasteiger partial charge in [0.15, 0.2) is 5.82 Å². The number of halogens is 1. The van der Waals surface area contributed by atoms with Crippen LogP contribution in [-0.4, -0.2) is 34.2 Å². The van der Waals surface area contributed by atoms with Crippen molar-refractivity contribution in [1.82, 2.24) is 20.4 Å². The number of hydrogen-bond acceptors (Lipinski definition) is 4. The molecule has 7 heteroatoms. The zero-order chi connectivity index (χ0) is 17.2. The van der Waals surface area contributed by atoms with Crippen LogP contribution in [0.15, 0.2) is 28.8 Å². The van der Waals surface area contributed by atoms with E-state index in [9.17, 15) is 9.18 Å². The fourth-order valence-electron chi connectivity index (χ4n) is 3.08. The van der Waals surface area contributed by atoms with Gasteiger partial charge in [0.2, 0.25) is 0 Å². The second-order valence-corrected chi connectivity index (χ2v) is 6.15.